The number of hydrogen-bond acceptors (Lipinski definition) is 5. The Balaban J connectivity index is 1.83. The number of nitriles is 3. The molecule has 4 rings (SSSR count). The van der Waals surface area contributed by atoms with Crippen LogP contribution in [0.25, 0.3) is 11.1 Å². The Kier molecular flexibility index (Phi) is 5.91. The molecule has 2 unspecified atom stereocenters. The van der Waals surface area contributed by atoms with Crippen molar-refractivity contribution < 1.29 is 0 Å². The Morgan fingerprint density at radius 3 is 2.25 bits per heavy atom. The van der Waals surface area contributed by atoms with Gasteiger partial charge in [0.15, 0.2) is 5.41 Å². The Morgan fingerprint density at radius 1 is 1.00 bits per heavy atom. The van der Waals surface area contributed by atoms with E-state index in [1.807, 2.05) is 54.6 Å². The largest absolute Gasteiger partial charge is 0.305 e. The van der Waals surface area contributed by atoms with Gasteiger partial charge in [0, 0.05) is 24.9 Å². The highest BCUT2D eigenvalue weighted by molar-refractivity contribution is 6.00. The predicted molar refractivity (Wildman–Crippen MR) is 123 cm³/mol. The van der Waals surface area contributed by atoms with Gasteiger partial charge in [-0.15, -0.1) is 0 Å². The van der Waals surface area contributed by atoms with Crippen LogP contribution in [-0.2, 0) is 0 Å². The van der Waals surface area contributed by atoms with Crippen LogP contribution in [0.4, 0.5) is 0 Å². The van der Waals surface area contributed by atoms with Crippen LogP contribution in [0.3, 0.4) is 0 Å². The van der Waals surface area contributed by atoms with Gasteiger partial charge in [0.05, 0.1) is 23.9 Å². The van der Waals surface area contributed by atoms with Crippen molar-refractivity contribution in [3.8, 4) is 29.3 Å². The topological polar surface area (TPSA) is 98.5 Å². The fraction of sp³-hybridized carbons (Fsp3) is 0.333. The first-order chi connectivity index (χ1) is 15.6. The van der Waals surface area contributed by atoms with E-state index in [1.165, 1.54) is 0 Å². The molecule has 5 heteroatoms. The third-order valence-electron chi connectivity index (χ3n) is 6.78. The minimum atomic E-state index is -1.66. The Labute approximate surface area is 189 Å². The van der Waals surface area contributed by atoms with Crippen LogP contribution in [0.1, 0.15) is 24.8 Å². The molecular weight excluding hydrogens is 394 g/mol. The van der Waals surface area contributed by atoms with E-state index in [9.17, 15) is 15.8 Å². The van der Waals surface area contributed by atoms with Crippen molar-refractivity contribution in [3.05, 3.63) is 71.8 Å². The fourth-order valence-electron chi connectivity index (χ4n) is 5.26. The highest BCUT2D eigenvalue weighted by Gasteiger charge is 2.57. The lowest BCUT2D eigenvalue weighted by molar-refractivity contribution is 0.204. The average molecular weight is 420 g/mol. The molecule has 1 saturated carbocycles. The second-order valence-electron chi connectivity index (χ2n) is 8.54. The minimum absolute atomic E-state index is 0.0893. The van der Waals surface area contributed by atoms with Crippen molar-refractivity contribution in [3.63, 3.8) is 0 Å². The maximum absolute atomic E-state index is 10.2. The molecule has 0 spiro atoms. The van der Waals surface area contributed by atoms with Crippen molar-refractivity contribution in [2.24, 2.45) is 17.3 Å². The lowest BCUT2D eigenvalue weighted by Gasteiger charge is -2.47. The molecule has 2 aromatic rings. The van der Waals surface area contributed by atoms with Crippen molar-refractivity contribution in [2.45, 2.75) is 19.3 Å². The third-order valence-corrected chi connectivity index (χ3v) is 6.78. The molecule has 2 aliphatic rings. The molecule has 2 aromatic carbocycles. The molecule has 0 bridgehead atoms. The van der Waals surface area contributed by atoms with E-state index in [-0.39, 0.29) is 11.6 Å². The minimum Gasteiger partial charge on any atom is -0.305 e. The molecule has 1 heterocycles. The third kappa shape index (κ3) is 3.40. The van der Waals surface area contributed by atoms with E-state index in [1.54, 1.807) is 0 Å². The highest BCUT2D eigenvalue weighted by Crippen LogP contribution is 2.53. The van der Waals surface area contributed by atoms with Crippen LogP contribution in [-0.4, -0.2) is 30.2 Å². The monoisotopic (exact) mass is 419 g/mol. The van der Waals surface area contributed by atoms with Crippen molar-refractivity contribution >= 4 is 5.71 Å². The molecule has 0 amide bonds. The Morgan fingerprint density at radius 2 is 1.66 bits per heavy atom. The van der Waals surface area contributed by atoms with Gasteiger partial charge in [0.2, 0.25) is 0 Å². The van der Waals surface area contributed by atoms with Crippen LogP contribution in [0.2, 0.25) is 0 Å². The normalized spacial score (nSPS) is 24.4. The number of benzene rings is 2. The van der Waals surface area contributed by atoms with Gasteiger partial charge >= 0.3 is 0 Å². The Bertz CT molecular complexity index is 1140. The summed E-state index contributed by atoms with van der Waals surface area (Å²) in [4.78, 5) is 2.31. The summed E-state index contributed by atoms with van der Waals surface area (Å²) in [5.74, 6) is -1.47. The lowest BCUT2D eigenvalue weighted by Crippen LogP contribution is -2.52. The first-order valence-electron chi connectivity index (χ1n) is 11.0. The van der Waals surface area contributed by atoms with Gasteiger partial charge in [-0.25, -0.2) is 0 Å². The zero-order chi connectivity index (χ0) is 22.7. The van der Waals surface area contributed by atoms with E-state index >= 15 is 0 Å². The van der Waals surface area contributed by atoms with Gasteiger partial charge in [-0.1, -0.05) is 67.6 Å². The van der Waals surface area contributed by atoms with Crippen molar-refractivity contribution in [1.29, 1.82) is 21.2 Å². The molecular formula is C27H25N5. The SMILES string of the molecule is CCCN1CC=C2C(C#N)C(=N)C(C#N)(C#N)[C@H](c3ccc(-c4ccccc4)cc3)C2C1. The van der Waals surface area contributed by atoms with Gasteiger partial charge in [-0.05, 0) is 35.2 Å². The number of nitrogens with one attached hydrogen (secondary N) is 1. The molecule has 1 aliphatic carbocycles. The quantitative estimate of drug-likeness (QED) is 0.712. The number of nitrogens with zero attached hydrogens (tertiary/aromatic N) is 4. The van der Waals surface area contributed by atoms with Crippen LogP contribution in [0.15, 0.2) is 66.2 Å². The summed E-state index contributed by atoms with van der Waals surface area (Å²) in [6, 6.07) is 24.6. The zero-order valence-electron chi connectivity index (χ0n) is 18.1. The van der Waals surface area contributed by atoms with E-state index in [2.05, 4.69) is 36.1 Å². The molecule has 1 N–H and O–H groups in total. The summed E-state index contributed by atoms with van der Waals surface area (Å²) in [7, 11) is 0. The molecule has 32 heavy (non-hydrogen) atoms. The van der Waals surface area contributed by atoms with E-state index in [4.69, 9.17) is 5.41 Å². The summed E-state index contributed by atoms with van der Waals surface area (Å²) in [5.41, 5.74) is 2.16. The average Bonchev–Trinajstić information content (AvgIpc) is 2.84. The molecule has 0 radical (unpaired) electrons. The summed E-state index contributed by atoms with van der Waals surface area (Å²) in [6.07, 6.45) is 3.06. The molecule has 1 fully saturated rings. The second-order valence-corrected chi connectivity index (χ2v) is 8.54. The lowest BCUT2D eigenvalue weighted by atomic mass is 9.54. The van der Waals surface area contributed by atoms with Crippen LogP contribution >= 0.6 is 0 Å². The summed E-state index contributed by atoms with van der Waals surface area (Å²) < 4.78 is 0. The number of fused-ring (bicyclic) bond motifs is 1. The maximum Gasteiger partial charge on any atom is 0.189 e. The first kappa shape index (κ1) is 21.5. The summed E-state index contributed by atoms with van der Waals surface area (Å²) in [5, 5.41) is 39.0. The zero-order valence-corrected chi connectivity index (χ0v) is 18.1. The predicted octanol–water partition coefficient (Wildman–Crippen LogP) is 4.91. The van der Waals surface area contributed by atoms with Gasteiger partial charge in [-0.2, -0.15) is 15.8 Å². The van der Waals surface area contributed by atoms with E-state index in [0.29, 0.717) is 6.54 Å². The van der Waals surface area contributed by atoms with Crippen LogP contribution < -0.4 is 0 Å². The van der Waals surface area contributed by atoms with E-state index in [0.717, 1.165) is 41.8 Å². The van der Waals surface area contributed by atoms with Gasteiger partial charge < -0.3 is 5.41 Å². The summed E-state index contributed by atoms with van der Waals surface area (Å²) in [6.45, 7) is 4.46. The highest BCUT2D eigenvalue weighted by atomic mass is 15.1. The molecule has 3 atom stereocenters. The van der Waals surface area contributed by atoms with Crippen LogP contribution in [0, 0.1) is 56.7 Å². The number of hydrogen-bond donors (Lipinski definition) is 1. The Hall–Kier alpha value is -3.72. The van der Waals surface area contributed by atoms with Gasteiger partial charge in [0.1, 0.15) is 5.92 Å². The van der Waals surface area contributed by atoms with Crippen molar-refractivity contribution in [1.82, 2.24) is 4.90 Å². The van der Waals surface area contributed by atoms with Crippen molar-refractivity contribution in [2.75, 3.05) is 19.6 Å². The number of rotatable bonds is 4. The standard InChI is InChI=1S/C27H25N5/c1-2-13-32-14-12-22-23(15-28)26(31)27(17-29,18-30)25(24(22)16-32)21-10-8-20(9-11-21)19-6-4-3-5-7-19/h3-12,23-25,31H,2,13-14,16H2,1H3/t23?,24?,25-/m1/s1. The molecule has 0 saturated heterocycles. The van der Waals surface area contributed by atoms with Gasteiger partial charge in [0.25, 0.3) is 0 Å². The second kappa shape index (κ2) is 8.80. The van der Waals surface area contributed by atoms with Gasteiger partial charge in [-0.3, -0.25) is 4.90 Å². The smallest absolute Gasteiger partial charge is 0.189 e. The summed E-state index contributed by atoms with van der Waals surface area (Å²) >= 11 is 0. The maximum atomic E-state index is 10.2. The molecule has 158 valence electrons. The molecule has 0 aromatic heterocycles. The van der Waals surface area contributed by atoms with Crippen LogP contribution in [0.5, 0.6) is 0 Å². The molecule has 1 aliphatic heterocycles. The fourth-order valence-corrected chi connectivity index (χ4v) is 5.26. The van der Waals surface area contributed by atoms with E-state index < -0.39 is 17.3 Å². The first-order valence-corrected chi connectivity index (χ1v) is 11.0. The molecule has 5 nitrogen and oxygen atoms in total.